The molecule has 77 heavy (non-hydrogen) atoms. The van der Waals surface area contributed by atoms with Crippen LogP contribution < -0.4 is 5.32 Å². The number of carbonyl (C=O) groups excluding carboxylic acids is 2. The SMILES string of the molecule is CCCCCCCCCCCCCCCCCCCCCCCCC(O)C(CO)NC(=O)CCCCCCCCC/C=C\CCCCCCCCCCCCOC(=O)CCCCCCCCCCCCCCCCCCC. The van der Waals surface area contributed by atoms with E-state index < -0.39 is 12.1 Å². The number of unbranched alkanes of at least 4 members (excludes halogenated alkanes) is 54. The van der Waals surface area contributed by atoms with Crippen LogP contribution in [0.3, 0.4) is 0 Å². The van der Waals surface area contributed by atoms with E-state index >= 15 is 0 Å². The van der Waals surface area contributed by atoms with Gasteiger partial charge in [0.15, 0.2) is 0 Å². The molecule has 0 radical (unpaired) electrons. The molecule has 0 saturated carbocycles. The molecule has 6 nitrogen and oxygen atoms in total. The number of hydrogen-bond acceptors (Lipinski definition) is 5. The zero-order chi connectivity index (χ0) is 55.7. The molecule has 0 saturated heterocycles. The van der Waals surface area contributed by atoms with Gasteiger partial charge in [0.1, 0.15) is 0 Å². The Bertz CT molecular complexity index is 1160. The van der Waals surface area contributed by atoms with Gasteiger partial charge in [-0.1, -0.05) is 353 Å². The summed E-state index contributed by atoms with van der Waals surface area (Å²) in [4.78, 5) is 24.6. The minimum absolute atomic E-state index is 0.0135. The number of ether oxygens (including phenoxy) is 1. The lowest BCUT2D eigenvalue weighted by Gasteiger charge is -2.22. The maximum Gasteiger partial charge on any atom is 0.305 e. The summed E-state index contributed by atoms with van der Waals surface area (Å²) >= 11 is 0. The fourth-order valence-electron chi connectivity index (χ4n) is 11.4. The maximum absolute atomic E-state index is 12.5. The molecular weight excluding hydrogens is 947 g/mol. The van der Waals surface area contributed by atoms with E-state index in [1.165, 1.54) is 334 Å². The van der Waals surface area contributed by atoms with E-state index in [1.54, 1.807) is 0 Å². The Hall–Kier alpha value is -1.40. The lowest BCUT2D eigenvalue weighted by Crippen LogP contribution is -2.45. The van der Waals surface area contributed by atoms with E-state index in [2.05, 4.69) is 31.3 Å². The fourth-order valence-corrected chi connectivity index (χ4v) is 11.4. The number of carbonyl (C=O) groups is 2. The van der Waals surface area contributed by atoms with Gasteiger partial charge in [-0.05, 0) is 51.4 Å². The number of rotatable bonds is 67. The first-order valence-electron chi connectivity index (χ1n) is 35.4. The van der Waals surface area contributed by atoms with Crippen LogP contribution in [0, 0.1) is 0 Å². The average Bonchev–Trinajstić information content (AvgIpc) is 3.43. The second-order valence-corrected chi connectivity index (χ2v) is 24.6. The van der Waals surface area contributed by atoms with E-state index in [4.69, 9.17) is 4.74 Å². The van der Waals surface area contributed by atoms with Gasteiger partial charge in [-0.25, -0.2) is 0 Å². The Morgan fingerprint density at radius 2 is 0.610 bits per heavy atom. The second-order valence-electron chi connectivity index (χ2n) is 24.6. The van der Waals surface area contributed by atoms with Gasteiger partial charge in [-0.15, -0.1) is 0 Å². The molecule has 0 aliphatic heterocycles. The molecule has 0 aliphatic rings. The van der Waals surface area contributed by atoms with Crippen molar-refractivity contribution in [2.24, 2.45) is 0 Å². The zero-order valence-corrected chi connectivity index (χ0v) is 52.5. The summed E-state index contributed by atoms with van der Waals surface area (Å²) in [5, 5.41) is 23.4. The van der Waals surface area contributed by atoms with Crippen LogP contribution in [-0.2, 0) is 14.3 Å². The highest BCUT2D eigenvalue weighted by molar-refractivity contribution is 5.76. The summed E-state index contributed by atoms with van der Waals surface area (Å²) in [7, 11) is 0. The number of aliphatic hydroxyl groups excluding tert-OH is 2. The number of amides is 1. The van der Waals surface area contributed by atoms with Gasteiger partial charge in [-0.2, -0.15) is 0 Å². The summed E-state index contributed by atoms with van der Waals surface area (Å²) in [6, 6.07) is -0.548. The first kappa shape index (κ1) is 75.6. The monoisotopic (exact) mass is 1090 g/mol. The molecule has 0 bridgehead atoms. The molecule has 0 spiro atoms. The van der Waals surface area contributed by atoms with E-state index in [0.29, 0.717) is 25.9 Å². The van der Waals surface area contributed by atoms with Gasteiger partial charge < -0.3 is 20.3 Å². The van der Waals surface area contributed by atoms with Crippen LogP contribution in [0.25, 0.3) is 0 Å². The minimum atomic E-state index is -0.670. The first-order valence-corrected chi connectivity index (χ1v) is 35.4. The number of hydrogen-bond donors (Lipinski definition) is 3. The van der Waals surface area contributed by atoms with Crippen LogP contribution >= 0.6 is 0 Å². The average molecular weight is 1090 g/mol. The number of esters is 1. The molecule has 0 rings (SSSR count). The predicted octanol–water partition coefficient (Wildman–Crippen LogP) is 22.8. The van der Waals surface area contributed by atoms with Crippen molar-refractivity contribution in [3.05, 3.63) is 12.2 Å². The van der Waals surface area contributed by atoms with Crippen molar-refractivity contribution in [3.8, 4) is 0 Å². The van der Waals surface area contributed by atoms with E-state index in [9.17, 15) is 19.8 Å². The molecule has 0 fully saturated rings. The summed E-state index contributed by atoms with van der Waals surface area (Å²) in [6.45, 7) is 4.99. The molecule has 0 aromatic rings. The summed E-state index contributed by atoms with van der Waals surface area (Å²) < 4.78 is 5.50. The van der Waals surface area contributed by atoms with Crippen molar-refractivity contribution < 1.29 is 24.5 Å². The van der Waals surface area contributed by atoms with E-state index in [-0.39, 0.29) is 18.5 Å². The molecule has 458 valence electrons. The molecule has 0 heterocycles. The number of aliphatic hydroxyl groups is 2. The number of nitrogens with one attached hydrogen (secondary N) is 1. The summed E-state index contributed by atoms with van der Waals surface area (Å²) in [5.74, 6) is -0.0243. The summed E-state index contributed by atoms with van der Waals surface area (Å²) in [6.07, 6.45) is 82.5. The van der Waals surface area contributed by atoms with Crippen molar-refractivity contribution in [1.82, 2.24) is 5.32 Å². The Labute approximate surface area is 482 Å². The molecule has 3 N–H and O–H groups in total. The lowest BCUT2D eigenvalue weighted by atomic mass is 10.0. The Balaban J connectivity index is 3.40. The highest BCUT2D eigenvalue weighted by Gasteiger charge is 2.20. The van der Waals surface area contributed by atoms with Crippen LogP contribution in [0.1, 0.15) is 406 Å². The first-order chi connectivity index (χ1) is 38.0. The van der Waals surface area contributed by atoms with Crippen LogP contribution in [-0.4, -0.2) is 47.4 Å². The molecule has 0 aromatic heterocycles. The normalized spacial score (nSPS) is 12.5. The van der Waals surface area contributed by atoms with E-state index in [0.717, 1.165) is 38.5 Å². The minimum Gasteiger partial charge on any atom is -0.466 e. The fraction of sp³-hybridized carbons (Fsp3) is 0.944. The molecular formula is C71H139NO5. The third-order valence-electron chi connectivity index (χ3n) is 16.8. The largest absolute Gasteiger partial charge is 0.466 e. The van der Waals surface area contributed by atoms with Crippen molar-refractivity contribution in [2.45, 2.75) is 418 Å². The van der Waals surface area contributed by atoms with Crippen molar-refractivity contribution >= 4 is 11.9 Å². The molecule has 6 heteroatoms. The van der Waals surface area contributed by atoms with Gasteiger partial charge in [0, 0.05) is 12.8 Å². The third kappa shape index (κ3) is 63.6. The van der Waals surface area contributed by atoms with Gasteiger partial charge in [0.25, 0.3) is 0 Å². The zero-order valence-electron chi connectivity index (χ0n) is 52.5. The maximum atomic E-state index is 12.5. The Morgan fingerprint density at radius 3 is 0.922 bits per heavy atom. The van der Waals surface area contributed by atoms with Crippen LogP contribution in [0.15, 0.2) is 12.2 Å². The van der Waals surface area contributed by atoms with Crippen molar-refractivity contribution in [2.75, 3.05) is 13.2 Å². The van der Waals surface area contributed by atoms with E-state index in [1.807, 2.05) is 0 Å². The predicted molar refractivity (Wildman–Crippen MR) is 338 cm³/mol. The smallest absolute Gasteiger partial charge is 0.305 e. The van der Waals surface area contributed by atoms with Gasteiger partial charge >= 0.3 is 5.97 Å². The molecule has 2 unspecified atom stereocenters. The summed E-state index contributed by atoms with van der Waals surface area (Å²) in [5.41, 5.74) is 0. The standard InChI is InChI=1S/C71H139NO5/c1-3-5-7-9-11-13-15-17-19-21-22-23-25-28-32-35-39-43-47-51-55-59-63-69(74)68(67-73)72-70(75)64-60-56-52-48-44-40-36-33-29-26-24-27-30-34-38-42-46-50-54-58-62-66-77-71(76)65-61-57-53-49-45-41-37-31-20-18-16-14-12-10-8-6-4-2/h26,29,68-69,73-74H,3-25,27-28,30-67H2,1-2H3,(H,72,75)/b29-26-. The molecule has 1 amide bonds. The van der Waals surface area contributed by atoms with Crippen LogP contribution in [0.5, 0.6) is 0 Å². The second kappa shape index (κ2) is 67.1. The third-order valence-corrected chi connectivity index (χ3v) is 16.8. The highest BCUT2D eigenvalue weighted by atomic mass is 16.5. The lowest BCUT2D eigenvalue weighted by molar-refractivity contribution is -0.143. The van der Waals surface area contributed by atoms with Crippen LogP contribution in [0.4, 0.5) is 0 Å². The van der Waals surface area contributed by atoms with Crippen LogP contribution in [0.2, 0.25) is 0 Å². The molecule has 0 aromatic carbocycles. The van der Waals surface area contributed by atoms with Gasteiger partial charge in [0.2, 0.25) is 5.91 Å². The topological polar surface area (TPSA) is 95.9 Å². The quantitative estimate of drug-likeness (QED) is 0.0320. The van der Waals surface area contributed by atoms with Gasteiger partial charge in [0.05, 0.1) is 25.4 Å². The Morgan fingerprint density at radius 1 is 0.351 bits per heavy atom. The highest BCUT2D eigenvalue weighted by Crippen LogP contribution is 2.19. The van der Waals surface area contributed by atoms with Crippen molar-refractivity contribution in [3.63, 3.8) is 0 Å². The number of allylic oxidation sites excluding steroid dienone is 2. The Kier molecular flexibility index (Phi) is 65.9. The molecule has 2 atom stereocenters. The molecule has 0 aliphatic carbocycles. The van der Waals surface area contributed by atoms with Crippen molar-refractivity contribution in [1.29, 1.82) is 0 Å². The van der Waals surface area contributed by atoms with Gasteiger partial charge in [-0.3, -0.25) is 9.59 Å².